The van der Waals surface area contributed by atoms with E-state index in [1.165, 1.54) is 48.4 Å². The van der Waals surface area contributed by atoms with Crippen molar-refractivity contribution >= 4 is 28.6 Å². The van der Waals surface area contributed by atoms with Crippen molar-refractivity contribution in [3.63, 3.8) is 0 Å². The van der Waals surface area contributed by atoms with Crippen molar-refractivity contribution in [1.29, 1.82) is 0 Å². The van der Waals surface area contributed by atoms with E-state index in [-0.39, 0.29) is 5.91 Å². The largest absolute Gasteiger partial charge is 0.361 e. The second-order valence-electron chi connectivity index (χ2n) is 7.46. The van der Waals surface area contributed by atoms with Crippen LogP contribution in [0.5, 0.6) is 0 Å². The molecule has 0 atom stereocenters. The minimum absolute atomic E-state index is 0.0539. The summed E-state index contributed by atoms with van der Waals surface area (Å²) in [4.78, 5) is 15.5. The van der Waals surface area contributed by atoms with E-state index in [1.54, 1.807) is 0 Å². The van der Waals surface area contributed by atoms with Gasteiger partial charge in [0, 0.05) is 35.6 Å². The highest BCUT2D eigenvalue weighted by atomic mass is 32.2. The maximum absolute atomic E-state index is 12.3. The van der Waals surface area contributed by atoms with E-state index in [4.69, 9.17) is 0 Å². The molecule has 2 aliphatic carbocycles. The zero-order valence-corrected chi connectivity index (χ0v) is 16.0. The second kappa shape index (κ2) is 7.03. The molecule has 5 rings (SSSR count). The molecule has 2 heterocycles. The first kappa shape index (κ1) is 16.9. The Morgan fingerprint density at radius 1 is 1.22 bits per heavy atom. The molecule has 27 heavy (non-hydrogen) atoms. The van der Waals surface area contributed by atoms with Crippen LogP contribution in [0.3, 0.4) is 0 Å². The molecule has 7 heteroatoms. The Bertz CT molecular complexity index is 970. The number of rotatable bonds is 8. The van der Waals surface area contributed by atoms with Crippen LogP contribution in [-0.2, 0) is 11.2 Å². The van der Waals surface area contributed by atoms with Crippen LogP contribution < -0.4 is 5.32 Å². The molecule has 0 aliphatic heterocycles. The van der Waals surface area contributed by atoms with Gasteiger partial charge in [0.25, 0.3) is 0 Å². The van der Waals surface area contributed by atoms with Crippen LogP contribution in [0.4, 0.5) is 0 Å². The number of hydrogen-bond donors (Lipinski definition) is 2. The number of thioether (sulfide) groups is 1. The molecule has 1 aromatic carbocycles. The molecule has 2 N–H and O–H groups in total. The van der Waals surface area contributed by atoms with Crippen molar-refractivity contribution in [2.75, 3.05) is 12.3 Å². The second-order valence-corrected chi connectivity index (χ2v) is 8.41. The van der Waals surface area contributed by atoms with Crippen LogP contribution in [-0.4, -0.2) is 38.0 Å². The summed E-state index contributed by atoms with van der Waals surface area (Å²) in [6.07, 6.45) is 7.73. The summed E-state index contributed by atoms with van der Waals surface area (Å²) in [6.45, 7) is 0.643. The number of nitrogens with zero attached hydrogens (tertiary/aromatic N) is 3. The number of hydrogen-bond acceptors (Lipinski definition) is 4. The van der Waals surface area contributed by atoms with Crippen LogP contribution in [0.1, 0.15) is 49.0 Å². The zero-order chi connectivity index (χ0) is 18.2. The monoisotopic (exact) mass is 381 g/mol. The molecule has 0 radical (unpaired) electrons. The van der Waals surface area contributed by atoms with E-state index in [9.17, 15) is 4.79 Å². The number of aromatic amines is 1. The van der Waals surface area contributed by atoms with E-state index >= 15 is 0 Å². The molecule has 1 amide bonds. The van der Waals surface area contributed by atoms with Gasteiger partial charge in [-0.1, -0.05) is 30.0 Å². The molecule has 0 bridgehead atoms. The molecule has 2 aliphatic rings. The fourth-order valence-electron chi connectivity index (χ4n) is 3.54. The van der Waals surface area contributed by atoms with Crippen LogP contribution in [0.2, 0.25) is 0 Å². The van der Waals surface area contributed by atoms with Crippen molar-refractivity contribution < 1.29 is 4.79 Å². The van der Waals surface area contributed by atoms with Crippen LogP contribution >= 0.6 is 11.8 Å². The number of fused-ring (bicyclic) bond motifs is 1. The van der Waals surface area contributed by atoms with Crippen molar-refractivity contribution in [2.24, 2.45) is 0 Å². The smallest absolute Gasteiger partial charge is 0.230 e. The first-order chi connectivity index (χ1) is 13.3. The van der Waals surface area contributed by atoms with Gasteiger partial charge in [0.2, 0.25) is 5.91 Å². The summed E-state index contributed by atoms with van der Waals surface area (Å²) in [5.41, 5.74) is 2.38. The molecule has 3 aromatic rings. The van der Waals surface area contributed by atoms with E-state index in [1.807, 2.05) is 18.3 Å². The van der Waals surface area contributed by atoms with E-state index in [0.29, 0.717) is 24.3 Å². The molecule has 0 saturated heterocycles. The first-order valence-corrected chi connectivity index (χ1v) is 10.7. The summed E-state index contributed by atoms with van der Waals surface area (Å²) < 4.78 is 2.29. The Morgan fingerprint density at radius 2 is 2.07 bits per heavy atom. The fourth-order valence-corrected chi connectivity index (χ4v) is 4.38. The van der Waals surface area contributed by atoms with Crippen LogP contribution in [0.15, 0.2) is 35.6 Å². The van der Waals surface area contributed by atoms with E-state index < -0.39 is 0 Å². The highest BCUT2D eigenvalue weighted by molar-refractivity contribution is 7.99. The Kier molecular flexibility index (Phi) is 4.39. The lowest BCUT2D eigenvalue weighted by Crippen LogP contribution is -2.27. The van der Waals surface area contributed by atoms with Gasteiger partial charge in [0.1, 0.15) is 5.82 Å². The van der Waals surface area contributed by atoms with Gasteiger partial charge in [0.15, 0.2) is 5.16 Å². The summed E-state index contributed by atoms with van der Waals surface area (Å²) >= 11 is 1.51. The quantitative estimate of drug-likeness (QED) is 0.586. The zero-order valence-electron chi connectivity index (χ0n) is 15.1. The topological polar surface area (TPSA) is 75.6 Å². The number of nitrogens with one attached hydrogen (secondary N) is 2. The molecule has 0 spiro atoms. The number of aromatic nitrogens is 4. The average molecular weight is 382 g/mol. The molecule has 6 nitrogen and oxygen atoms in total. The number of H-pyrrole nitrogens is 1. The predicted molar refractivity (Wildman–Crippen MR) is 106 cm³/mol. The molecular formula is C20H23N5OS. The number of benzene rings is 1. The summed E-state index contributed by atoms with van der Waals surface area (Å²) in [7, 11) is 0. The Labute approximate surface area is 162 Å². The SMILES string of the molecule is O=C(CSc1nnc(C2CC2)n1C1CC1)NCCc1c[nH]c2ccccc12. The number of amides is 1. The van der Waals surface area contributed by atoms with Gasteiger partial charge in [-0.05, 0) is 43.7 Å². The summed E-state index contributed by atoms with van der Waals surface area (Å²) in [6, 6.07) is 8.81. The maximum atomic E-state index is 12.3. The van der Waals surface area contributed by atoms with Gasteiger partial charge in [-0.3, -0.25) is 4.79 Å². The molecular weight excluding hydrogens is 358 g/mol. The maximum Gasteiger partial charge on any atom is 0.230 e. The highest BCUT2D eigenvalue weighted by Gasteiger charge is 2.36. The number of carbonyl (C=O) groups is 1. The van der Waals surface area contributed by atoms with Crippen LogP contribution in [0.25, 0.3) is 10.9 Å². The third kappa shape index (κ3) is 3.60. The Balaban J connectivity index is 1.14. The van der Waals surface area contributed by atoms with Crippen molar-refractivity contribution in [2.45, 2.75) is 49.2 Å². The molecule has 0 unspecified atom stereocenters. The molecule has 2 aromatic heterocycles. The van der Waals surface area contributed by atoms with Crippen molar-refractivity contribution in [3.8, 4) is 0 Å². The minimum Gasteiger partial charge on any atom is -0.361 e. The molecule has 140 valence electrons. The highest BCUT2D eigenvalue weighted by Crippen LogP contribution is 2.45. The van der Waals surface area contributed by atoms with Gasteiger partial charge >= 0.3 is 0 Å². The Morgan fingerprint density at radius 3 is 2.89 bits per heavy atom. The molecule has 2 saturated carbocycles. The summed E-state index contributed by atoms with van der Waals surface area (Å²) in [5, 5.41) is 13.9. The third-order valence-corrected chi connectivity index (χ3v) is 6.21. The molecule has 2 fully saturated rings. The van der Waals surface area contributed by atoms with E-state index in [2.05, 4.69) is 37.2 Å². The lowest BCUT2D eigenvalue weighted by atomic mass is 10.1. The van der Waals surface area contributed by atoms with Gasteiger partial charge in [-0.2, -0.15) is 0 Å². The van der Waals surface area contributed by atoms with Gasteiger partial charge < -0.3 is 14.9 Å². The van der Waals surface area contributed by atoms with Crippen molar-refractivity contribution in [1.82, 2.24) is 25.1 Å². The van der Waals surface area contributed by atoms with Gasteiger partial charge in [-0.25, -0.2) is 0 Å². The third-order valence-electron chi connectivity index (χ3n) is 5.27. The Hall–Kier alpha value is -2.28. The predicted octanol–water partition coefficient (Wildman–Crippen LogP) is 3.42. The fraction of sp³-hybridized carbons (Fsp3) is 0.450. The minimum atomic E-state index is 0.0539. The normalized spacial score (nSPS) is 16.7. The van der Waals surface area contributed by atoms with Gasteiger partial charge in [0.05, 0.1) is 5.75 Å². The lowest BCUT2D eigenvalue weighted by Gasteiger charge is -2.08. The average Bonchev–Trinajstić information content (AvgIpc) is 3.62. The summed E-state index contributed by atoms with van der Waals surface area (Å²) in [5.74, 6) is 2.18. The first-order valence-electron chi connectivity index (χ1n) is 9.69. The van der Waals surface area contributed by atoms with E-state index in [0.717, 1.165) is 22.9 Å². The van der Waals surface area contributed by atoms with Gasteiger partial charge in [-0.15, -0.1) is 10.2 Å². The van der Waals surface area contributed by atoms with Crippen LogP contribution in [0, 0.1) is 0 Å². The number of carbonyl (C=O) groups excluding carboxylic acids is 1. The number of para-hydroxylation sites is 1. The standard InChI is InChI=1S/C20H23N5OS/c26-18(21-10-9-14-11-22-17-4-2-1-3-16(14)17)12-27-20-24-23-19(13-5-6-13)25(20)15-7-8-15/h1-4,11,13,15,22H,5-10,12H2,(H,21,26). The van der Waals surface area contributed by atoms with Crippen molar-refractivity contribution in [3.05, 3.63) is 41.9 Å². The lowest BCUT2D eigenvalue weighted by molar-refractivity contribution is -0.118.